The zero-order valence-corrected chi connectivity index (χ0v) is 8.13. The van der Waals surface area contributed by atoms with Gasteiger partial charge in [0.25, 0.3) is 0 Å². The maximum atomic E-state index is 9.57. The molecule has 0 aromatic carbocycles. The number of hydrogen-bond acceptors (Lipinski definition) is 5. The Hall–Kier alpha value is -0.200. The molecule has 14 heavy (non-hydrogen) atoms. The van der Waals surface area contributed by atoms with E-state index < -0.39 is 18.3 Å². The molecule has 1 fully saturated rings. The van der Waals surface area contributed by atoms with Crippen molar-refractivity contribution in [2.75, 3.05) is 13.2 Å². The lowest BCUT2D eigenvalue weighted by Crippen LogP contribution is -2.59. The van der Waals surface area contributed by atoms with E-state index in [2.05, 4.69) is 5.32 Å². The van der Waals surface area contributed by atoms with Crippen LogP contribution in [0.3, 0.4) is 0 Å². The number of aliphatic hydroxyl groups excluding tert-OH is 4. The summed E-state index contributed by atoms with van der Waals surface area (Å²) in [6.07, 6.45) is -0.671. The first-order valence-electron chi connectivity index (χ1n) is 5.05. The quantitative estimate of drug-likeness (QED) is 0.349. The lowest BCUT2D eigenvalue weighted by Gasteiger charge is -2.36. The molecule has 1 rings (SSSR count). The van der Waals surface area contributed by atoms with Crippen molar-refractivity contribution in [3.8, 4) is 0 Å². The second-order valence-electron chi connectivity index (χ2n) is 3.78. The molecule has 0 radical (unpaired) electrons. The molecule has 0 amide bonds. The average Bonchev–Trinajstić information content (AvgIpc) is 2.18. The van der Waals surface area contributed by atoms with Gasteiger partial charge in [-0.05, 0) is 19.3 Å². The van der Waals surface area contributed by atoms with Crippen LogP contribution in [0.2, 0.25) is 0 Å². The molecule has 4 atom stereocenters. The Labute approximate surface area is 83.4 Å². The Bertz CT molecular complexity index is 167. The van der Waals surface area contributed by atoms with Crippen molar-refractivity contribution >= 4 is 0 Å². The van der Waals surface area contributed by atoms with Gasteiger partial charge in [0.2, 0.25) is 0 Å². The third kappa shape index (κ3) is 2.90. The summed E-state index contributed by atoms with van der Waals surface area (Å²) < 4.78 is 0. The van der Waals surface area contributed by atoms with E-state index >= 15 is 0 Å². The van der Waals surface area contributed by atoms with Gasteiger partial charge in [-0.3, -0.25) is 0 Å². The summed E-state index contributed by atoms with van der Waals surface area (Å²) in [5.41, 5.74) is 0. The number of hydrogen-bond donors (Lipinski definition) is 5. The minimum Gasteiger partial charge on any atom is -0.396 e. The van der Waals surface area contributed by atoms with Crippen LogP contribution in [-0.4, -0.2) is 57.9 Å². The highest BCUT2D eigenvalue weighted by Gasteiger charge is 2.35. The average molecular weight is 205 g/mol. The highest BCUT2D eigenvalue weighted by Crippen LogP contribution is 2.15. The number of rotatable bonds is 4. The van der Waals surface area contributed by atoms with Crippen LogP contribution in [0.5, 0.6) is 0 Å². The summed E-state index contributed by atoms with van der Waals surface area (Å²) in [4.78, 5) is 0. The lowest BCUT2D eigenvalue weighted by molar-refractivity contribution is -0.0953. The Balaban J connectivity index is 2.31. The summed E-state index contributed by atoms with van der Waals surface area (Å²) in [5.74, 6) is 0. The van der Waals surface area contributed by atoms with Gasteiger partial charge in [0, 0.05) is 19.2 Å². The van der Waals surface area contributed by atoms with Crippen LogP contribution in [0.25, 0.3) is 0 Å². The van der Waals surface area contributed by atoms with Crippen LogP contribution in [-0.2, 0) is 0 Å². The summed E-state index contributed by atoms with van der Waals surface area (Å²) >= 11 is 0. The zero-order chi connectivity index (χ0) is 10.6. The van der Waals surface area contributed by atoms with Crippen molar-refractivity contribution in [3.05, 3.63) is 0 Å². The van der Waals surface area contributed by atoms with E-state index in [1.807, 2.05) is 0 Å². The Morgan fingerprint density at radius 1 is 1.07 bits per heavy atom. The van der Waals surface area contributed by atoms with Gasteiger partial charge in [-0.1, -0.05) is 0 Å². The Kier molecular flexibility index (Phi) is 4.77. The van der Waals surface area contributed by atoms with Crippen LogP contribution in [0.4, 0.5) is 0 Å². The van der Waals surface area contributed by atoms with Crippen LogP contribution < -0.4 is 5.32 Å². The molecule has 0 unspecified atom stereocenters. The molecule has 0 bridgehead atoms. The fourth-order valence-corrected chi connectivity index (χ4v) is 1.73. The van der Waals surface area contributed by atoms with Gasteiger partial charge in [0.1, 0.15) is 6.10 Å². The summed E-state index contributed by atoms with van der Waals surface area (Å²) in [6.45, 7) is 0.454. The predicted molar refractivity (Wildman–Crippen MR) is 50.7 cm³/mol. The number of aliphatic hydroxyl groups is 4. The molecule has 5 nitrogen and oxygen atoms in total. The van der Waals surface area contributed by atoms with Gasteiger partial charge in [0.05, 0.1) is 12.2 Å². The van der Waals surface area contributed by atoms with Crippen LogP contribution in [0.15, 0.2) is 0 Å². The molecule has 84 valence electrons. The monoisotopic (exact) mass is 205 g/mol. The van der Waals surface area contributed by atoms with E-state index in [1.54, 1.807) is 0 Å². The molecule has 0 aromatic heterocycles. The molecular weight excluding hydrogens is 186 g/mol. The van der Waals surface area contributed by atoms with E-state index in [1.165, 1.54) is 0 Å². The Morgan fingerprint density at radius 3 is 2.43 bits per heavy atom. The lowest BCUT2D eigenvalue weighted by atomic mass is 9.93. The molecule has 0 saturated carbocycles. The third-order valence-corrected chi connectivity index (χ3v) is 2.67. The van der Waals surface area contributed by atoms with Gasteiger partial charge in [-0.25, -0.2) is 0 Å². The minimum atomic E-state index is -1.06. The van der Waals surface area contributed by atoms with Crippen molar-refractivity contribution < 1.29 is 20.4 Å². The van der Waals surface area contributed by atoms with Gasteiger partial charge in [-0.2, -0.15) is 0 Å². The molecule has 1 aliphatic heterocycles. The largest absolute Gasteiger partial charge is 0.396 e. The first kappa shape index (κ1) is 11.9. The molecule has 1 aliphatic rings. The van der Waals surface area contributed by atoms with E-state index in [4.69, 9.17) is 5.11 Å². The van der Waals surface area contributed by atoms with Gasteiger partial charge < -0.3 is 25.7 Å². The predicted octanol–water partition coefficient (Wildman–Crippen LogP) is -1.80. The molecule has 0 aromatic rings. The molecule has 5 N–H and O–H groups in total. The van der Waals surface area contributed by atoms with Crippen LogP contribution >= 0.6 is 0 Å². The fourth-order valence-electron chi connectivity index (χ4n) is 1.73. The summed E-state index contributed by atoms with van der Waals surface area (Å²) in [5, 5.41) is 39.7. The van der Waals surface area contributed by atoms with Crippen LogP contribution in [0.1, 0.15) is 19.3 Å². The second-order valence-corrected chi connectivity index (χ2v) is 3.78. The van der Waals surface area contributed by atoms with Gasteiger partial charge in [-0.15, -0.1) is 0 Å². The molecule has 0 spiro atoms. The highest BCUT2D eigenvalue weighted by molar-refractivity contribution is 4.91. The standard InChI is InChI=1S/C9H19NO4/c11-4-2-1-3-6-8(13)9(14)7(12)5-10-6/h6-14H,1-5H2/t6-,7+,8-,9-/m1/s1. The first-order chi connectivity index (χ1) is 6.66. The van der Waals surface area contributed by atoms with Crippen molar-refractivity contribution in [1.29, 1.82) is 0 Å². The smallest absolute Gasteiger partial charge is 0.108 e. The van der Waals surface area contributed by atoms with Crippen molar-refractivity contribution in [2.45, 2.75) is 43.6 Å². The molecule has 1 heterocycles. The number of unbranched alkanes of at least 4 members (excludes halogenated alkanes) is 1. The zero-order valence-electron chi connectivity index (χ0n) is 8.13. The van der Waals surface area contributed by atoms with Crippen molar-refractivity contribution in [2.24, 2.45) is 0 Å². The topological polar surface area (TPSA) is 93.0 Å². The van der Waals surface area contributed by atoms with Gasteiger partial charge >= 0.3 is 0 Å². The molecule has 1 saturated heterocycles. The normalized spacial score (nSPS) is 38.6. The number of β-amino-alcohol motifs (C(OH)–C–C–N with tert-alkyl or cyclic N) is 1. The van der Waals surface area contributed by atoms with E-state index in [9.17, 15) is 15.3 Å². The summed E-state index contributed by atoms with van der Waals surface area (Å²) in [7, 11) is 0. The minimum absolute atomic E-state index is 0.147. The van der Waals surface area contributed by atoms with Crippen molar-refractivity contribution in [1.82, 2.24) is 5.32 Å². The third-order valence-electron chi connectivity index (χ3n) is 2.67. The molecule has 5 heteroatoms. The highest BCUT2D eigenvalue weighted by atomic mass is 16.4. The van der Waals surface area contributed by atoms with Crippen molar-refractivity contribution in [3.63, 3.8) is 0 Å². The summed E-state index contributed by atoms with van der Waals surface area (Å²) in [6, 6.07) is -0.181. The van der Waals surface area contributed by atoms with E-state index in [0.29, 0.717) is 19.4 Å². The maximum Gasteiger partial charge on any atom is 0.108 e. The molecule has 0 aliphatic carbocycles. The number of nitrogens with one attached hydrogen (secondary N) is 1. The first-order valence-corrected chi connectivity index (χ1v) is 5.05. The van der Waals surface area contributed by atoms with E-state index in [-0.39, 0.29) is 12.6 Å². The fraction of sp³-hybridized carbons (Fsp3) is 1.00. The second kappa shape index (κ2) is 5.63. The SMILES string of the molecule is OCCCC[C@H]1NC[C@H](O)[C@@H](O)[C@@H]1O. The maximum absolute atomic E-state index is 9.57. The van der Waals surface area contributed by atoms with E-state index in [0.717, 1.165) is 6.42 Å². The molecular formula is C9H19NO4. The Morgan fingerprint density at radius 2 is 1.79 bits per heavy atom. The van der Waals surface area contributed by atoms with Crippen LogP contribution in [0, 0.1) is 0 Å². The van der Waals surface area contributed by atoms with Gasteiger partial charge in [0.15, 0.2) is 0 Å². The number of piperidine rings is 1.